The topological polar surface area (TPSA) is 53.7 Å². The van der Waals surface area contributed by atoms with Crippen LogP contribution in [0.1, 0.15) is 32.4 Å². The number of carboxylic acids is 1. The van der Waals surface area contributed by atoms with Crippen molar-refractivity contribution in [2.45, 2.75) is 39.2 Å². The van der Waals surface area contributed by atoms with Crippen molar-refractivity contribution in [1.82, 2.24) is 4.90 Å². The lowest BCUT2D eigenvalue weighted by molar-refractivity contribution is -0.148. The van der Waals surface area contributed by atoms with Crippen molar-refractivity contribution in [3.63, 3.8) is 0 Å². The summed E-state index contributed by atoms with van der Waals surface area (Å²) in [5.41, 5.74) is -0.544. The Morgan fingerprint density at radius 1 is 1.67 bits per heavy atom. The van der Waals surface area contributed by atoms with E-state index in [1.54, 1.807) is 6.26 Å². The summed E-state index contributed by atoms with van der Waals surface area (Å²) in [5.74, 6) is 0.310. The molecule has 1 saturated heterocycles. The highest BCUT2D eigenvalue weighted by atomic mass is 16.4. The van der Waals surface area contributed by atoms with Gasteiger partial charge in [0.05, 0.1) is 11.7 Å². The molecule has 4 heteroatoms. The minimum absolute atomic E-state index is 0.323. The van der Waals surface area contributed by atoms with Crippen molar-refractivity contribution in [3.8, 4) is 0 Å². The molecule has 0 saturated carbocycles. The quantitative estimate of drug-likeness (QED) is 0.873. The zero-order valence-electron chi connectivity index (χ0n) is 11.1. The Labute approximate surface area is 108 Å². The molecule has 100 valence electrons. The monoisotopic (exact) mass is 251 g/mol. The van der Waals surface area contributed by atoms with Gasteiger partial charge in [0.1, 0.15) is 5.76 Å². The van der Waals surface area contributed by atoms with Crippen LogP contribution < -0.4 is 0 Å². The molecule has 1 fully saturated rings. The predicted octanol–water partition coefficient (Wildman–Crippen LogP) is 2.40. The van der Waals surface area contributed by atoms with Gasteiger partial charge in [0.2, 0.25) is 0 Å². The van der Waals surface area contributed by atoms with E-state index in [0.29, 0.717) is 19.0 Å². The minimum Gasteiger partial charge on any atom is -0.481 e. The third-order valence-corrected chi connectivity index (χ3v) is 4.21. The maximum atomic E-state index is 11.4. The summed E-state index contributed by atoms with van der Waals surface area (Å²) >= 11 is 0. The predicted molar refractivity (Wildman–Crippen MR) is 68.4 cm³/mol. The Bertz CT molecular complexity index is 401. The minimum atomic E-state index is -0.655. The third kappa shape index (κ3) is 2.43. The van der Waals surface area contributed by atoms with E-state index in [4.69, 9.17) is 4.42 Å². The molecule has 4 nitrogen and oxygen atoms in total. The summed E-state index contributed by atoms with van der Waals surface area (Å²) in [4.78, 5) is 13.7. The fourth-order valence-electron chi connectivity index (χ4n) is 2.74. The smallest absolute Gasteiger partial charge is 0.310 e. The summed E-state index contributed by atoms with van der Waals surface area (Å²) in [5, 5.41) is 9.37. The highest BCUT2D eigenvalue weighted by Gasteiger charge is 2.44. The number of carbonyl (C=O) groups is 1. The first kappa shape index (κ1) is 13.1. The fraction of sp³-hybridized carbons (Fsp3) is 0.643. The first-order valence-electron chi connectivity index (χ1n) is 6.57. The number of carboxylic acid groups (broad SMARTS) is 1. The lowest BCUT2D eigenvalue weighted by atomic mass is 9.84. The van der Waals surface area contributed by atoms with Crippen molar-refractivity contribution >= 4 is 5.97 Å². The lowest BCUT2D eigenvalue weighted by Crippen LogP contribution is -2.38. The van der Waals surface area contributed by atoms with Crippen molar-refractivity contribution < 1.29 is 14.3 Å². The van der Waals surface area contributed by atoms with Crippen LogP contribution in [0.3, 0.4) is 0 Å². The Hall–Kier alpha value is -1.29. The Balaban J connectivity index is 1.97. The molecule has 1 aromatic rings. The average Bonchev–Trinajstić information content (AvgIpc) is 2.97. The lowest BCUT2D eigenvalue weighted by Gasteiger charge is -2.26. The summed E-state index contributed by atoms with van der Waals surface area (Å²) in [6.07, 6.45) is 3.97. The van der Waals surface area contributed by atoms with Gasteiger partial charge in [-0.25, -0.2) is 0 Å². The van der Waals surface area contributed by atoms with Gasteiger partial charge < -0.3 is 9.52 Å². The molecule has 1 aliphatic rings. The molecule has 0 aromatic carbocycles. The maximum absolute atomic E-state index is 11.4. The molecule has 2 heterocycles. The van der Waals surface area contributed by atoms with Crippen LogP contribution in [0.2, 0.25) is 0 Å². The van der Waals surface area contributed by atoms with Gasteiger partial charge >= 0.3 is 5.97 Å². The molecule has 1 aromatic heterocycles. The first-order chi connectivity index (χ1) is 8.57. The molecular weight excluding hydrogens is 230 g/mol. The molecule has 0 aliphatic carbocycles. The Morgan fingerprint density at radius 3 is 2.94 bits per heavy atom. The van der Waals surface area contributed by atoms with Gasteiger partial charge in [-0.2, -0.15) is 0 Å². The van der Waals surface area contributed by atoms with Gasteiger partial charge in [-0.15, -0.1) is 0 Å². The van der Waals surface area contributed by atoms with Crippen molar-refractivity contribution in [1.29, 1.82) is 0 Å². The number of nitrogens with zero attached hydrogens (tertiary/aromatic N) is 1. The molecule has 0 radical (unpaired) electrons. The zero-order valence-corrected chi connectivity index (χ0v) is 11.1. The summed E-state index contributed by atoms with van der Waals surface area (Å²) in [6, 6.07) is 4.18. The summed E-state index contributed by atoms with van der Waals surface area (Å²) < 4.78 is 5.35. The average molecular weight is 251 g/mol. The van der Waals surface area contributed by atoms with Gasteiger partial charge in [0.15, 0.2) is 0 Å². The summed E-state index contributed by atoms with van der Waals surface area (Å²) in [7, 11) is 0. The van der Waals surface area contributed by atoms with Crippen LogP contribution in [0.5, 0.6) is 0 Å². The number of aliphatic carboxylic acids is 1. The van der Waals surface area contributed by atoms with Crippen LogP contribution in [-0.4, -0.2) is 35.1 Å². The second-order valence-electron chi connectivity index (χ2n) is 5.29. The molecule has 1 aliphatic heterocycles. The van der Waals surface area contributed by atoms with E-state index in [9.17, 15) is 9.90 Å². The number of rotatable bonds is 5. The molecule has 18 heavy (non-hydrogen) atoms. The second-order valence-corrected chi connectivity index (χ2v) is 5.29. The largest absolute Gasteiger partial charge is 0.481 e. The van der Waals surface area contributed by atoms with E-state index < -0.39 is 11.4 Å². The number of likely N-dealkylation sites (tertiary alicyclic amines) is 1. The van der Waals surface area contributed by atoms with E-state index in [1.165, 1.54) is 0 Å². The molecule has 0 amide bonds. The third-order valence-electron chi connectivity index (χ3n) is 4.21. The second kappa shape index (κ2) is 5.14. The summed E-state index contributed by atoms with van der Waals surface area (Å²) in [6.45, 7) is 5.62. The molecule has 1 N–H and O–H groups in total. The molecular formula is C14H21NO3. The first-order valence-corrected chi connectivity index (χ1v) is 6.57. The molecule has 0 spiro atoms. The van der Waals surface area contributed by atoms with E-state index in [1.807, 2.05) is 19.1 Å². The molecule has 2 rings (SSSR count). The number of furan rings is 1. The fourth-order valence-corrected chi connectivity index (χ4v) is 2.74. The van der Waals surface area contributed by atoms with Gasteiger partial charge in [-0.05, 0) is 38.4 Å². The van der Waals surface area contributed by atoms with E-state index in [2.05, 4.69) is 11.8 Å². The molecule has 2 atom stereocenters. The SMILES string of the molecule is CCC1(C(=O)O)CCN(C(C)Cc2ccco2)C1. The van der Waals surface area contributed by atoms with Gasteiger partial charge in [0, 0.05) is 19.0 Å². The van der Waals surface area contributed by atoms with Crippen LogP contribution >= 0.6 is 0 Å². The van der Waals surface area contributed by atoms with Crippen molar-refractivity contribution in [2.24, 2.45) is 5.41 Å². The molecule has 0 bridgehead atoms. The van der Waals surface area contributed by atoms with Crippen LogP contribution in [0.15, 0.2) is 22.8 Å². The van der Waals surface area contributed by atoms with E-state index in [0.717, 1.165) is 25.1 Å². The van der Waals surface area contributed by atoms with Crippen molar-refractivity contribution in [2.75, 3.05) is 13.1 Å². The Morgan fingerprint density at radius 2 is 2.44 bits per heavy atom. The standard InChI is InChI=1S/C14H21NO3/c1-3-14(13(16)17)6-7-15(10-14)11(2)9-12-5-4-8-18-12/h4-5,8,11H,3,6-7,9-10H2,1-2H3,(H,16,17). The molecule has 2 unspecified atom stereocenters. The van der Waals surface area contributed by atoms with Gasteiger partial charge in [-0.3, -0.25) is 9.69 Å². The normalized spacial score (nSPS) is 26.3. The van der Waals surface area contributed by atoms with Gasteiger partial charge in [0.25, 0.3) is 0 Å². The van der Waals surface area contributed by atoms with Crippen LogP contribution in [0, 0.1) is 5.41 Å². The zero-order chi connectivity index (χ0) is 13.2. The maximum Gasteiger partial charge on any atom is 0.310 e. The van der Waals surface area contributed by atoms with Crippen LogP contribution in [0.4, 0.5) is 0 Å². The highest BCUT2D eigenvalue weighted by Crippen LogP contribution is 2.35. The van der Waals surface area contributed by atoms with Crippen LogP contribution in [-0.2, 0) is 11.2 Å². The number of hydrogen-bond acceptors (Lipinski definition) is 3. The Kier molecular flexibility index (Phi) is 3.76. The van der Waals surface area contributed by atoms with E-state index in [-0.39, 0.29) is 0 Å². The highest BCUT2D eigenvalue weighted by molar-refractivity contribution is 5.75. The van der Waals surface area contributed by atoms with Crippen molar-refractivity contribution in [3.05, 3.63) is 24.2 Å². The number of hydrogen-bond donors (Lipinski definition) is 1. The van der Waals surface area contributed by atoms with E-state index >= 15 is 0 Å². The van der Waals surface area contributed by atoms with Gasteiger partial charge in [-0.1, -0.05) is 6.92 Å². The van der Waals surface area contributed by atoms with Crippen LogP contribution in [0.25, 0.3) is 0 Å².